The summed E-state index contributed by atoms with van der Waals surface area (Å²) in [6.45, 7) is 12.4. The van der Waals surface area contributed by atoms with Gasteiger partial charge in [0.25, 0.3) is 0 Å². The molecule has 1 aromatic rings. The summed E-state index contributed by atoms with van der Waals surface area (Å²) in [7, 11) is 0. The molecule has 0 aromatic heterocycles. The second kappa shape index (κ2) is 5.03. The van der Waals surface area contributed by atoms with Gasteiger partial charge in [0.15, 0.2) is 0 Å². The van der Waals surface area contributed by atoms with Crippen molar-refractivity contribution in [2.45, 2.75) is 54.4 Å². The Morgan fingerprint density at radius 2 is 1.59 bits per heavy atom. The van der Waals surface area contributed by atoms with E-state index in [0.717, 1.165) is 6.42 Å². The molecular weight excluding hydrogens is 208 g/mol. The standard InChI is InChI=1S/C16H24O/c1-7-16(5,6)15(17)10-14-12(3)8-11(2)9-13(14)4/h8-9H,7,10H2,1-6H3. The fourth-order valence-electron chi connectivity index (χ4n) is 2.09. The van der Waals surface area contributed by atoms with Crippen LogP contribution in [0.15, 0.2) is 12.1 Å². The summed E-state index contributed by atoms with van der Waals surface area (Å²) >= 11 is 0. The molecule has 17 heavy (non-hydrogen) atoms. The van der Waals surface area contributed by atoms with Crippen molar-refractivity contribution in [2.75, 3.05) is 0 Å². The first-order valence-corrected chi connectivity index (χ1v) is 6.38. The highest BCUT2D eigenvalue weighted by Crippen LogP contribution is 2.25. The van der Waals surface area contributed by atoms with Gasteiger partial charge in [-0.3, -0.25) is 4.79 Å². The van der Waals surface area contributed by atoms with Crippen LogP contribution in [0.4, 0.5) is 0 Å². The smallest absolute Gasteiger partial charge is 0.142 e. The number of hydrogen-bond acceptors (Lipinski definition) is 1. The summed E-state index contributed by atoms with van der Waals surface area (Å²) in [6, 6.07) is 4.32. The zero-order valence-electron chi connectivity index (χ0n) is 12.0. The highest BCUT2D eigenvalue weighted by molar-refractivity contribution is 5.86. The van der Waals surface area contributed by atoms with E-state index < -0.39 is 0 Å². The first-order valence-electron chi connectivity index (χ1n) is 6.38. The van der Waals surface area contributed by atoms with Crippen LogP contribution in [0.5, 0.6) is 0 Å². The molecule has 1 rings (SSSR count). The molecule has 0 fully saturated rings. The molecule has 0 saturated carbocycles. The summed E-state index contributed by atoms with van der Waals surface area (Å²) in [5.74, 6) is 0.343. The lowest BCUT2D eigenvalue weighted by molar-refractivity contribution is -0.126. The average Bonchev–Trinajstić information content (AvgIpc) is 2.22. The molecule has 1 nitrogen and oxygen atoms in total. The topological polar surface area (TPSA) is 17.1 Å². The van der Waals surface area contributed by atoms with Crippen LogP contribution < -0.4 is 0 Å². The van der Waals surface area contributed by atoms with Crippen molar-refractivity contribution < 1.29 is 4.79 Å². The van der Waals surface area contributed by atoms with Gasteiger partial charge in [-0.25, -0.2) is 0 Å². The molecule has 0 radical (unpaired) electrons. The lowest BCUT2D eigenvalue weighted by Gasteiger charge is -2.22. The Labute approximate surface area is 105 Å². The van der Waals surface area contributed by atoms with Crippen molar-refractivity contribution in [3.8, 4) is 0 Å². The summed E-state index contributed by atoms with van der Waals surface area (Å²) in [5.41, 5.74) is 4.75. The number of carbonyl (C=O) groups excluding carboxylic acids is 1. The number of ketones is 1. The zero-order valence-corrected chi connectivity index (χ0v) is 12.0. The third kappa shape index (κ3) is 3.18. The Hall–Kier alpha value is -1.11. The quantitative estimate of drug-likeness (QED) is 0.762. The molecule has 0 aliphatic heterocycles. The molecule has 0 N–H and O–H groups in total. The fourth-order valence-corrected chi connectivity index (χ4v) is 2.09. The molecule has 0 saturated heterocycles. The second-order valence-corrected chi connectivity index (χ2v) is 5.71. The maximum Gasteiger partial charge on any atom is 0.142 e. The monoisotopic (exact) mass is 232 g/mol. The molecule has 1 aromatic carbocycles. The third-order valence-electron chi connectivity index (χ3n) is 3.82. The molecule has 0 heterocycles. The molecule has 1 heteroatoms. The van der Waals surface area contributed by atoms with E-state index in [9.17, 15) is 4.79 Å². The maximum atomic E-state index is 12.3. The predicted molar refractivity (Wildman–Crippen MR) is 73.4 cm³/mol. The van der Waals surface area contributed by atoms with Gasteiger partial charge < -0.3 is 0 Å². The van der Waals surface area contributed by atoms with Gasteiger partial charge in [-0.1, -0.05) is 38.5 Å². The van der Waals surface area contributed by atoms with Crippen LogP contribution in [-0.2, 0) is 11.2 Å². The van der Waals surface area contributed by atoms with E-state index in [2.05, 4.69) is 39.8 Å². The number of aryl methyl sites for hydroxylation is 3. The van der Waals surface area contributed by atoms with Gasteiger partial charge in [0.2, 0.25) is 0 Å². The van der Waals surface area contributed by atoms with Crippen molar-refractivity contribution >= 4 is 5.78 Å². The minimum absolute atomic E-state index is 0.205. The molecular formula is C16H24O. The number of benzene rings is 1. The van der Waals surface area contributed by atoms with Gasteiger partial charge in [0.05, 0.1) is 0 Å². The molecule has 0 unspecified atom stereocenters. The highest BCUT2D eigenvalue weighted by Gasteiger charge is 2.25. The van der Waals surface area contributed by atoms with Crippen molar-refractivity contribution in [1.82, 2.24) is 0 Å². The van der Waals surface area contributed by atoms with E-state index in [1.54, 1.807) is 0 Å². The summed E-state index contributed by atoms with van der Waals surface area (Å²) in [4.78, 5) is 12.3. The number of Topliss-reactive ketones (excluding diaryl/α,β-unsaturated/α-hetero) is 1. The number of hydrogen-bond donors (Lipinski definition) is 0. The van der Waals surface area contributed by atoms with Crippen molar-refractivity contribution in [2.24, 2.45) is 5.41 Å². The lowest BCUT2D eigenvalue weighted by Crippen LogP contribution is -2.25. The van der Waals surface area contributed by atoms with Gasteiger partial charge in [0, 0.05) is 11.8 Å². The summed E-state index contributed by atoms with van der Waals surface area (Å²) in [5, 5.41) is 0. The molecule has 0 aliphatic rings. The lowest BCUT2D eigenvalue weighted by atomic mass is 9.81. The Bertz CT molecular complexity index is 404. The van der Waals surface area contributed by atoms with Crippen LogP contribution in [0.3, 0.4) is 0 Å². The van der Waals surface area contributed by atoms with Crippen molar-refractivity contribution in [1.29, 1.82) is 0 Å². The first kappa shape index (κ1) is 14.0. The minimum Gasteiger partial charge on any atom is -0.299 e. The Kier molecular flexibility index (Phi) is 4.13. The highest BCUT2D eigenvalue weighted by atomic mass is 16.1. The van der Waals surface area contributed by atoms with Gasteiger partial charge in [-0.15, -0.1) is 0 Å². The normalized spacial score (nSPS) is 11.6. The molecule has 0 spiro atoms. The number of carbonyl (C=O) groups is 1. The van der Waals surface area contributed by atoms with E-state index in [1.807, 2.05) is 13.8 Å². The SMILES string of the molecule is CCC(C)(C)C(=O)Cc1c(C)cc(C)cc1C. The van der Waals surface area contributed by atoms with Crippen LogP contribution >= 0.6 is 0 Å². The average molecular weight is 232 g/mol. The fraction of sp³-hybridized carbons (Fsp3) is 0.562. The van der Waals surface area contributed by atoms with E-state index in [4.69, 9.17) is 0 Å². The Morgan fingerprint density at radius 3 is 2.00 bits per heavy atom. The Morgan fingerprint density at radius 1 is 1.12 bits per heavy atom. The molecule has 0 atom stereocenters. The van der Waals surface area contributed by atoms with Crippen molar-refractivity contribution in [3.63, 3.8) is 0 Å². The summed E-state index contributed by atoms with van der Waals surface area (Å²) < 4.78 is 0. The van der Waals surface area contributed by atoms with E-state index in [0.29, 0.717) is 12.2 Å². The molecule has 0 aliphatic carbocycles. The summed E-state index contributed by atoms with van der Waals surface area (Å²) in [6.07, 6.45) is 1.47. The number of rotatable bonds is 4. The predicted octanol–water partition coefficient (Wildman–Crippen LogP) is 4.16. The van der Waals surface area contributed by atoms with E-state index in [-0.39, 0.29) is 5.41 Å². The van der Waals surface area contributed by atoms with Gasteiger partial charge in [-0.2, -0.15) is 0 Å². The van der Waals surface area contributed by atoms with Gasteiger partial charge >= 0.3 is 0 Å². The van der Waals surface area contributed by atoms with Crippen LogP contribution in [-0.4, -0.2) is 5.78 Å². The Balaban J connectivity index is 3.01. The van der Waals surface area contributed by atoms with Crippen LogP contribution in [0, 0.1) is 26.2 Å². The van der Waals surface area contributed by atoms with Gasteiger partial charge in [-0.05, 0) is 43.9 Å². The van der Waals surface area contributed by atoms with E-state index >= 15 is 0 Å². The largest absolute Gasteiger partial charge is 0.299 e. The van der Waals surface area contributed by atoms with Crippen molar-refractivity contribution in [3.05, 3.63) is 34.4 Å². The maximum absolute atomic E-state index is 12.3. The van der Waals surface area contributed by atoms with E-state index in [1.165, 1.54) is 22.3 Å². The van der Waals surface area contributed by atoms with Crippen LogP contribution in [0.1, 0.15) is 49.4 Å². The van der Waals surface area contributed by atoms with Crippen LogP contribution in [0.25, 0.3) is 0 Å². The first-order chi connectivity index (χ1) is 7.77. The third-order valence-corrected chi connectivity index (χ3v) is 3.82. The second-order valence-electron chi connectivity index (χ2n) is 5.71. The molecule has 0 amide bonds. The molecule has 0 bridgehead atoms. The zero-order chi connectivity index (χ0) is 13.2. The minimum atomic E-state index is -0.205. The molecule has 94 valence electrons. The van der Waals surface area contributed by atoms with Crippen LogP contribution in [0.2, 0.25) is 0 Å². The van der Waals surface area contributed by atoms with Gasteiger partial charge in [0.1, 0.15) is 5.78 Å².